The van der Waals surface area contributed by atoms with Crippen molar-refractivity contribution in [1.29, 1.82) is 0 Å². The minimum atomic E-state index is -0.680. The van der Waals surface area contributed by atoms with Gasteiger partial charge in [0.05, 0.1) is 17.8 Å². The number of halogens is 1. The maximum Gasteiger partial charge on any atom is 0.296 e. The van der Waals surface area contributed by atoms with Gasteiger partial charge in [-0.25, -0.2) is 0 Å². The van der Waals surface area contributed by atoms with Crippen LogP contribution in [0.3, 0.4) is 0 Å². The van der Waals surface area contributed by atoms with Gasteiger partial charge in [0.1, 0.15) is 0 Å². The summed E-state index contributed by atoms with van der Waals surface area (Å²) in [6, 6.07) is 16.4. The highest BCUT2D eigenvalue weighted by Gasteiger charge is 2.22. The number of benzene rings is 2. The van der Waals surface area contributed by atoms with E-state index >= 15 is 0 Å². The van der Waals surface area contributed by atoms with Gasteiger partial charge < -0.3 is 14.4 Å². The van der Waals surface area contributed by atoms with E-state index in [4.69, 9.17) is 4.52 Å². The number of Topliss-reactive ketones (excluding diaryl/α,β-unsaturated/α-hetero) is 1. The van der Waals surface area contributed by atoms with Gasteiger partial charge in [0, 0.05) is 33.3 Å². The molecule has 4 rings (SSSR count). The number of hydrogen-bond donors (Lipinski definition) is 1. The van der Waals surface area contributed by atoms with E-state index in [0.717, 1.165) is 21.1 Å². The third-order valence-electron chi connectivity index (χ3n) is 4.34. The fourth-order valence-corrected chi connectivity index (χ4v) is 3.32. The SMILES string of the molecule is Cc1cc(Cn2cc(C(=O)C(=O)Nc3ccc(Br)cc3)c3ccccc32)on1. The summed E-state index contributed by atoms with van der Waals surface area (Å²) in [4.78, 5) is 25.3. The first kappa shape index (κ1) is 18.2. The molecule has 2 heterocycles. The molecule has 0 aliphatic rings. The van der Waals surface area contributed by atoms with Crippen LogP contribution >= 0.6 is 15.9 Å². The van der Waals surface area contributed by atoms with E-state index in [1.54, 1.807) is 30.5 Å². The molecule has 0 aliphatic carbocycles. The van der Waals surface area contributed by atoms with E-state index in [9.17, 15) is 9.59 Å². The standard InChI is InChI=1S/C21H16BrN3O3/c1-13-10-16(28-24-13)11-25-12-18(17-4-2-3-5-19(17)25)20(26)21(27)23-15-8-6-14(22)7-9-15/h2-10,12H,11H2,1H3,(H,23,27). The van der Waals surface area contributed by atoms with E-state index in [1.807, 2.05) is 41.8 Å². The van der Waals surface area contributed by atoms with Crippen LogP contribution in [-0.2, 0) is 11.3 Å². The van der Waals surface area contributed by atoms with E-state index in [0.29, 0.717) is 23.6 Å². The van der Waals surface area contributed by atoms with Crippen molar-refractivity contribution in [1.82, 2.24) is 9.72 Å². The predicted octanol–water partition coefficient (Wildman–Crippen LogP) is 4.57. The lowest BCUT2D eigenvalue weighted by Crippen LogP contribution is -2.22. The number of nitrogens with one attached hydrogen (secondary N) is 1. The number of fused-ring (bicyclic) bond motifs is 1. The van der Waals surface area contributed by atoms with Gasteiger partial charge in [-0.05, 0) is 37.3 Å². The number of hydrogen-bond acceptors (Lipinski definition) is 4. The molecule has 2 aromatic carbocycles. The minimum absolute atomic E-state index is 0.349. The van der Waals surface area contributed by atoms with Crippen LogP contribution in [0.2, 0.25) is 0 Å². The van der Waals surface area contributed by atoms with E-state index < -0.39 is 11.7 Å². The molecule has 4 aromatic rings. The van der Waals surface area contributed by atoms with E-state index in [1.165, 1.54) is 0 Å². The maximum atomic E-state index is 12.8. The Hall–Kier alpha value is -3.19. The molecule has 0 aliphatic heterocycles. The molecule has 7 heteroatoms. The summed E-state index contributed by atoms with van der Waals surface area (Å²) in [6.07, 6.45) is 1.69. The number of carbonyl (C=O) groups excluding carboxylic acids is 2. The highest BCUT2D eigenvalue weighted by Crippen LogP contribution is 2.24. The van der Waals surface area contributed by atoms with Crippen LogP contribution < -0.4 is 5.32 Å². The second kappa shape index (κ2) is 7.44. The van der Waals surface area contributed by atoms with Crippen LogP contribution in [0.5, 0.6) is 0 Å². The summed E-state index contributed by atoms with van der Waals surface area (Å²) in [5, 5.41) is 7.26. The van der Waals surface area contributed by atoms with Crippen LogP contribution in [0.4, 0.5) is 5.69 Å². The lowest BCUT2D eigenvalue weighted by atomic mass is 10.1. The van der Waals surface area contributed by atoms with Gasteiger partial charge in [-0.3, -0.25) is 9.59 Å². The summed E-state index contributed by atoms with van der Waals surface area (Å²) >= 11 is 3.34. The van der Waals surface area contributed by atoms with E-state index in [-0.39, 0.29) is 0 Å². The zero-order valence-electron chi connectivity index (χ0n) is 15.0. The summed E-state index contributed by atoms with van der Waals surface area (Å²) in [7, 11) is 0. The minimum Gasteiger partial charge on any atom is -0.359 e. The van der Waals surface area contributed by atoms with Crippen LogP contribution in [-0.4, -0.2) is 21.4 Å². The third kappa shape index (κ3) is 3.61. The van der Waals surface area contributed by atoms with Crippen LogP contribution in [0, 0.1) is 6.92 Å². The molecule has 1 amide bonds. The van der Waals surface area contributed by atoms with Gasteiger partial charge in [-0.15, -0.1) is 0 Å². The van der Waals surface area contributed by atoms with Crippen molar-refractivity contribution < 1.29 is 14.1 Å². The molecule has 6 nitrogen and oxygen atoms in total. The van der Waals surface area contributed by atoms with Crippen molar-refractivity contribution in [2.45, 2.75) is 13.5 Å². The van der Waals surface area contributed by atoms with Crippen molar-refractivity contribution in [2.24, 2.45) is 0 Å². The summed E-state index contributed by atoms with van der Waals surface area (Å²) < 4.78 is 8.06. The van der Waals surface area contributed by atoms with Crippen molar-refractivity contribution in [3.63, 3.8) is 0 Å². The molecular weight excluding hydrogens is 422 g/mol. The first-order valence-electron chi connectivity index (χ1n) is 8.62. The molecule has 0 fully saturated rings. The first-order chi connectivity index (χ1) is 13.5. The summed E-state index contributed by atoms with van der Waals surface area (Å²) in [5.41, 5.74) is 2.54. The topological polar surface area (TPSA) is 77.1 Å². The first-order valence-corrected chi connectivity index (χ1v) is 9.42. The van der Waals surface area contributed by atoms with Crippen molar-refractivity contribution in [3.05, 3.63) is 82.3 Å². The number of rotatable bonds is 5. The number of carbonyl (C=O) groups is 2. The third-order valence-corrected chi connectivity index (χ3v) is 4.87. The van der Waals surface area contributed by atoms with Crippen molar-refractivity contribution in [2.75, 3.05) is 5.32 Å². The second-order valence-corrected chi connectivity index (χ2v) is 7.33. The van der Waals surface area contributed by atoms with Crippen LogP contribution in [0.25, 0.3) is 10.9 Å². The number of aryl methyl sites for hydroxylation is 1. The molecule has 1 N–H and O–H groups in total. The summed E-state index contributed by atoms with van der Waals surface area (Å²) in [6.45, 7) is 2.27. The molecule has 2 aromatic heterocycles. The Labute approximate surface area is 169 Å². The van der Waals surface area contributed by atoms with Gasteiger partial charge in [-0.2, -0.15) is 0 Å². The lowest BCUT2D eigenvalue weighted by Gasteiger charge is -2.04. The predicted molar refractivity (Wildman–Crippen MR) is 109 cm³/mol. The Kier molecular flexibility index (Phi) is 4.83. The number of aromatic nitrogens is 2. The fraction of sp³-hybridized carbons (Fsp3) is 0.0952. The second-order valence-electron chi connectivity index (χ2n) is 6.41. The normalized spacial score (nSPS) is 10.9. The molecule has 0 saturated heterocycles. The lowest BCUT2D eigenvalue weighted by molar-refractivity contribution is -0.112. The van der Waals surface area contributed by atoms with Crippen LogP contribution in [0.1, 0.15) is 21.8 Å². The smallest absolute Gasteiger partial charge is 0.296 e. The van der Waals surface area contributed by atoms with Gasteiger partial charge >= 0.3 is 0 Å². The molecular formula is C21H16BrN3O3. The highest BCUT2D eigenvalue weighted by atomic mass is 79.9. The Bertz CT molecular complexity index is 1180. The molecule has 140 valence electrons. The molecule has 0 unspecified atom stereocenters. The highest BCUT2D eigenvalue weighted by molar-refractivity contribution is 9.10. The van der Waals surface area contributed by atoms with Crippen LogP contribution in [0.15, 0.2) is 69.8 Å². The number of nitrogens with zero attached hydrogens (tertiary/aromatic N) is 2. The Balaban J connectivity index is 1.64. The fourth-order valence-electron chi connectivity index (χ4n) is 3.06. The van der Waals surface area contributed by atoms with Gasteiger partial charge in [-0.1, -0.05) is 39.3 Å². The average Bonchev–Trinajstić information content (AvgIpc) is 3.27. The quantitative estimate of drug-likeness (QED) is 0.366. The monoisotopic (exact) mass is 437 g/mol. The Morgan fingerprint density at radius 2 is 1.89 bits per heavy atom. The van der Waals surface area contributed by atoms with Gasteiger partial charge in [0.25, 0.3) is 11.7 Å². The molecule has 0 saturated carbocycles. The maximum absolute atomic E-state index is 12.8. The zero-order chi connectivity index (χ0) is 19.7. The average molecular weight is 438 g/mol. The number of ketones is 1. The molecule has 0 spiro atoms. The largest absolute Gasteiger partial charge is 0.359 e. The van der Waals surface area contributed by atoms with Crippen molar-refractivity contribution >= 4 is 44.2 Å². The zero-order valence-corrected chi connectivity index (χ0v) is 16.6. The van der Waals surface area contributed by atoms with E-state index in [2.05, 4.69) is 26.4 Å². The van der Waals surface area contributed by atoms with Gasteiger partial charge in [0.2, 0.25) is 0 Å². The molecule has 0 atom stereocenters. The number of amides is 1. The molecule has 0 radical (unpaired) electrons. The van der Waals surface area contributed by atoms with Gasteiger partial charge in [0.15, 0.2) is 5.76 Å². The summed E-state index contributed by atoms with van der Waals surface area (Å²) in [5.74, 6) is -0.594. The number of para-hydroxylation sites is 1. The Morgan fingerprint density at radius 1 is 1.14 bits per heavy atom. The molecule has 28 heavy (non-hydrogen) atoms. The van der Waals surface area contributed by atoms with Crippen molar-refractivity contribution in [3.8, 4) is 0 Å². The Morgan fingerprint density at radius 3 is 2.61 bits per heavy atom. The number of anilines is 1. The molecule has 0 bridgehead atoms.